The van der Waals surface area contributed by atoms with E-state index >= 15 is 0 Å². The van der Waals surface area contributed by atoms with E-state index in [1.807, 2.05) is 0 Å². The maximum Gasteiger partial charge on any atom is 0.191 e. The van der Waals surface area contributed by atoms with Gasteiger partial charge in [-0.2, -0.15) is 0 Å². The summed E-state index contributed by atoms with van der Waals surface area (Å²) in [5.74, 6) is -2.06. The third-order valence-electron chi connectivity index (χ3n) is 4.15. The fourth-order valence-corrected chi connectivity index (χ4v) is 2.93. The number of hydrogen-bond acceptors (Lipinski definition) is 3. The molecule has 0 amide bonds. The quantitative estimate of drug-likeness (QED) is 0.798. The van der Waals surface area contributed by atoms with Crippen LogP contribution < -0.4 is 4.74 Å². The van der Waals surface area contributed by atoms with Crippen molar-refractivity contribution >= 4 is 6.29 Å². The molecule has 1 atom stereocenters. The number of ether oxygens (including phenoxy) is 2. The second-order valence-corrected chi connectivity index (χ2v) is 5.55. The molecular formula is C15H16F2O3. The number of carbonyl (C=O) groups excluding carboxylic acids is 1. The van der Waals surface area contributed by atoms with E-state index in [-0.39, 0.29) is 17.3 Å². The highest BCUT2D eigenvalue weighted by molar-refractivity contribution is 5.75. The molecule has 0 radical (unpaired) electrons. The van der Waals surface area contributed by atoms with Crippen LogP contribution in [0.25, 0.3) is 0 Å². The Morgan fingerprint density at radius 1 is 1.30 bits per heavy atom. The molecule has 1 aromatic carbocycles. The Morgan fingerprint density at radius 3 is 2.55 bits per heavy atom. The lowest BCUT2D eigenvalue weighted by atomic mass is 9.74. The van der Waals surface area contributed by atoms with Gasteiger partial charge < -0.3 is 9.47 Å². The van der Waals surface area contributed by atoms with Crippen LogP contribution in [0.4, 0.5) is 8.78 Å². The number of benzene rings is 1. The van der Waals surface area contributed by atoms with Gasteiger partial charge in [0.25, 0.3) is 0 Å². The zero-order valence-electron chi connectivity index (χ0n) is 11.0. The van der Waals surface area contributed by atoms with E-state index in [0.717, 1.165) is 31.4 Å². The molecule has 2 fully saturated rings. The molecule has 1 aliphatic carbocycles. The van der Waals surface area contributed by atoms with Crippen LogP contribution in [0.2, 0.25) is 0 Å². The summed E-state index contributed by atoms with van der Waals surface area (Å²) in [6.07, 6.45) is 4.56. The van der Waals surface area contributed by atoms with Crippen molar-refractivity contribution in [3.05, 3.63) is 29.3 Å². The predicted molar refractivity (Wildman–Crippen MR) is 67.9 cm³/mol. The molecule has 0 bridgehead atoms. The van der Waals surface area contributed by atoms with Gasteiger partial charge >= 0.3 is 0 Å². The summed E-state index contributed by atoms with van der Waals surface area (Å²) >= 11 is 0. The molecule has 108 valence electrons. The Kier molecular flexibility index (Phi) is 3.46. The van der Waals surface area contributed by atoms with Gasteiger partial charge in [0, 0.05) is 18.4 Å². The number of carbonyl (C=O) groups is 1. The molecule has 1 aliphatic heterocycles. The Balaban J connectivity index is 1.75. The molecule has 0 N–H and O–H groups in total. The first kappa shape index (κ1) is 13.5. The highest BCUT2D eigenvalue weighted by Gasteiger charge is 2.43. The SMILES string of the molecule is O=Cc1cc(F)c(OC2CCOC3(CCC3)C2)c(F)c1. The summed E-state index contributed by atoms with van der Waals surface area (Å²) in [6.45, 7) is 0.556. The van der Waals surface area contributed by atoms with Gasteiger partial charge in [-0.25, -0.2) is 8.78 Å². The maximum absolute atomic E-state index is 13.8. The van der Waals surface area contributed by atoms with Crippen LogP contribution in [0.5, 0.6) is 5.75 Å². The number of aldehydes is 1. The van der Waals surface area contributed by atoms with E-state index in [1.54, 1.807) is 0 Å². The average Bonchev–Trinajstić information content (AvgIpc) is 2.41. The molecule has 3 rings (SSSR count). The van der Waals surface area contributed by atoms with Crippen LogP contribution in [0.3, 0.4) is 0 Å². The van der Waals surface area contributed by atoms with E-state index in [4.69, 9.17) is 9.47 Å². The van der Waals surface area contributed by atoms with Gasteiger partial charge in [-0.1, -0.05) is 0 Å². The van der Waals surface area contributed by atoms with E-state index in [1.165, 1.54) is 0 Å². The lowest BCUT2D eigenvalue weighted by Gasteiger charge is -2.46. The first-order chi connectivity index (χ1) is 9.62. The molecule has 1 spiro atoms. The standard InChI is InChI=1S/C15H16F2O3/c16-12-6-10(9-18)7-13(17)14(12)20-11-2-5-19-15(8-11)3-1-4-15/h6-7,9,11H,1-5,8H2. The molecule has 1 saturated carbocycles. The lowest BCUT2D eigenvalue weighted by molar-refractivity contribution is -0.154. The van der Waals surface area contributed by atoms with Gasteiger partial charge in [0.2, 0.25) is 0 Å². The molecule has 20 heavy (non-hydrogen) atoms. The highest BCUT2D eigenvalue weighted by atomic mass is 19.1. The zero-order chi connectivity index (χ0) is 14.2. The largest absolute Gasteiger partial charge is 0.484 e. The lowest BCUT2D eigenvalue weighted by Crippen LogP contribution is -2.48. The summed E-state index contributed by atoms with van der Waals surface area (Å²) < 4.78 is 38.8. The Morgan fingerprint density at radius 2 is 2.00 bits per heavy atom. The van der Waals surface area contributed by atoms with Gasteiger partial charge in [0.15, 0.2) is 17.4 Å². The normalized spacial score (nSPS) is 24.2. The van der Waals surface area contributed by atoms with Crippen LogP contribution in [-0.2, 0) is 4.74 Å². The number of halogens is 2. The molecule has 1 unspecified atom stereocenters. The summed E-state index contributed by atoms with van der Waals surface area (Å²) in [5, 5.41) is 0. The Hall–Kier alpha value is -1.49. The van der Waals surface area contributed by atoms with Gasteiger partial charge in [-0.05, 0) is 31.4 Å². The van der Waals surface area contributed by atoms with E-state index < -0.39 is 17.4 Å². The van der Waals surface area contributed by atoms with E-state index in [9.17, 15) is 13.6 Å². The average molecular weight is 282 g/mol. The van der Waals surface area contributed by atoms with Crippen molar-refractivity contribution in [2.24, 2.45) is 0 Å². The van der Waals surface area contributed by atoms with Crippen molar-refractivity contribution in [1.82, 2.24) is 0 Å². The van der Waals surface area contributed by atoms with Crippen LogP contribution >= 0.6 is 0 Å². The second kappa shape index (κ2) is 5.13. The van der Waals surface area contributed by atoms with Crippen LogP contribution in [0.1, 0.15) is 42.5 Å². The molecule has 1 saturated heterocycles. The van der Waals surface area contributed by atoms with Crippen molar-refractivity contribution in [1.29, 1.82) is 0 Å². The molecular weight excluding hydrogens is 266 g/mol. The van der Waals surface area contributed by atoms with Crippen LogP contribution in [-0.4, -0.2) is 24.6 Å². The molecule has 2 aliphatic rings. The fourth-order valence-electron chi connectivity index (χ4n) is 2.93. The number of hydrogen-bond donors (Lipinski definition) is 0. The topological polar surface area (TPSA) is 35.5 Å². The molecule has 0 aromatic heterocycles. The van der Waals surface area contributed by atoms with Crippen molar-refractivity contribution in [3.63, 3.8) is 0 Å². The predicted octanol–water partition coefficient (Wildman–Crippen LogP) is 3.26. The van der Waals surface area contributed by atoms with Gasteiger partial charge in [0.1, 0.15) is 12.4 Å². The first-order valence-corrected chi connectivity index (χ1v) is 6.87. The molecule has 3 nitrogen and oxygen atoms in total. The summed E-state index contributed by atoms with van der Waals surface area (Å²) in [7, 11) is 0. The van der Waals surface area contributed by atoms with Crippen LogP contribution in [0, 0.1) is 11.6 Å². The van der Waals surface area contributed by atoms with Crippen molar-refractivity contribution in [2.75, 3.05) is 6.61 Å². The minimum absolute atomic E-state index is 0.0326. The Labute approximate surface area is 115 Å². The minimum atomic E-state index is -0.832. The fraction of sp³-hybridized carbons (Fsp3) is 0.533. The maximum atomic E-state index is 13.8. The molecule has 5 heteroatoms. The third kappa shape index (κ3) is 2.42. The van der Waals surface area contributed by atoms with E-state index in [0.29, 0.717) is 25.7 Å². The van der Waals surface area contributed by atoms with Crippen LogP contribution in [0.15, 0.2) is 12.1 Å². The number of rotatable bonds is 3. The first-order valence-electron chi connectivity index (χ1n) is 6.87. The monoisotopic (exact) mass is 282 g/mol. The smallest absolute Gasteiger partial charge is 0.191 e. The zero-order valence-corrected chi connectivity index (χ0v) is 11.0. The molecule has 1 heterocycles. The highest BCUT2D eigenvalue weighted by Crippen LogP contribution is 2.43. The Bertz CT molecular complexity index is 503. The van der Waals surface area contributed by atoms with E-state index in [2.05, 4.69) is 0 Å². The molecule has 1 aromatic rings. The third-order valence-corrected chi connectivity index (χ3v) is 4.15. The second-order valence-electron chi connectivity index (χ2n) is 5.55. The summed E-state index contributed by atoms with van der Waals surface area (Å²) in [4.78, 5) is 10.6. The van der Waals surface area contributed by atoms with Gasteiger partial charge in [-0.3, -0.25) is 4.79 Å². The van der Waals surface area contributed by atoms with Crippen molar-refractivity contribution < 1.29 is 23.0 Å². The summed E-state index contributed by atoms with van der Waals surface area (Å²) in [5.41, 5.74) is -0.173. The van der Waals surface area contributed by atoms with Gasteiger partial charge in [0.05, 0.1) is 12.2 Å². The van der Waals surface area contributed by atoms with Crippen molar-refractivity contribution in [2.45, 2.75) is 43.8 Å². The van der Waals surface area contributed by atoms with Gasteiger partial charge in [-0.15, -0.1) is 0 Å². The minimum Gasteiger partial charge on any atom is -0.484 e. The summed E-state index contributed by atoms with van der Waals surface area (Å²) in [6, 6.07) is 1.98. The van der Waals surface area contributed by atoms with Crippen molar-refractivity contribution in [3.8, 4) is 5.75 Å².